The van der Waals surface area contributed by atoms with E-state index >= 15 is 0 Å². The number of carbonyl (C=O) groups is 2. The maximum atomic E-state index is 11.3. The summed E-state index contributed by atoms with van der Waals surface area (Å²) < 4.78 is 0. The van der Waals surface area contributed by atoms with Crippen molar-refractivity contribution in [2.24, 2.45) is 11.5 Å². The SMILES string of the molecule is CCN(CC(N)=O)c1ncc(N)cc1C(N)=O. The normalized spacial score (nSPS) is 9.94. The van der Waals surface area contributed by atoms with Crippen molar-refractivity contribution in [2.75, 3.05) is 23.7 Å². The number of pyridine rings is 1. The van der Waals surface area contributed by atoms with Crippen molar-refractivity contribution in [1.29, 1.82) is 0 Å². The van der Waals surface area contributed by atoms with Crippen molar-refractivity contribution in [3.8, 4) is 0 Å². The van der Waals surface area contributed by atoms with Crippen molar-refractivity contribution in [3.63, 3.8) is 0 Å². The van der Waals surface area contributed by atoms with Crippen LogP contribution in [-0.4, -0.2) is 29.9 Å². The van der Waals surface area contributed by atoms with Crippen LogP contribution in [0.25, 0.3) is 0 Å². The van der Waals surface area contributed by atoms with Crippen LogP contribution >= 0.6 is 0 Å². The molecule has 0 spiro atoms. The molecule has 0 fully saturated rings. The molecule has 0 atom stereocenters. The third kappa shape index (κ3) is 3.07. The minimum absolute atomic E-state index is 0.0340. The van der Waals surface area contributed by atoms with Gasteiger partial charge in [-0.15, -0.1) is 0 Å². The molecule has 1 heterocycles. The van der Waals surface area contributed by atoms with Crippen LogP contribution in [0.4, 0.5) is 11.5 Å². The fourth-order valence-corrected chi connectivity index (χ4v) is 1.43. The highest BCUT2D eigenvalue weighted by Gasteiger charge is 2.17. The second-order valence-electron chi connectivity index (χ2n) is 3.48. The summed E-state index contributed by atoms with van der Waals surface area (Å²) in [5.41, 5.74) is 16.4. The predicted molar refractivity (Wildman–Crippen MR) is 64.2 cm³/mol. The number of amides is 2. The van der Waals surface area contributed by atoms with E-state index in [1.165, 1.54) is 12.3 Å². The molecule has 7 heteroatoms. The lowest BCUT2D eigenvalue weighted by Crippen LogP contribution is -2.35. The molecule has 1 aromatic heterocycles. The van der Waals surface area contributed by atoms with Crippen LogP contribution in [-0.2, 0) is 4.79 Å². The molecule has 0 saturated carbocycles. The number of nitrogen functional groups attached to an aromatic ring is 1. The number of aromatic nitrogens is 1. The lowest BCUT2D eigenvalue weighted by Gasteiger charge is -2.22. The van der Waals surface area contributed by atoms with Gasteiger partial charge in [0.2, 0.25) is 5.91 Å². The molecule has 0 aliphatic carbocycles. The van der Waals surface area contributed by atoms with Gasteiger partial charge in [0.1, 0.15) is 5.82 Å². The molecule has 0 saturated heterocycles. The van der Waals surface area contributed by atoms with Gasteiger partial charge in [0.25, 0.3) is 5.91 Å². The van der Waals surface area contributed by atoms with E-state index in [4.69, 9.17) is 17.2 Å². The zero-order valence-electron chi connectivity index (χ0n) is 9.51. The van der Waals surface area contributed by atoms with Crippen LogP contribution in [0.1, 0.15) is 17.3 Å². The molecule has 7 nitrogen and oxygen atoms in total. The Kier molecular flexibility index (Phi) is 3.86. The van der Waals surface area contributed by atoms with E-state index in [0.717, 1.165) is 0 Å². The maximum Gasteiger partial charge on any atom is 0.252 e. The Bertz CT molecular complexity index is 446. The van der Waals surface area contributed by atoms with Gasteiger partial charge in [-0.05, 0) is 13.0 Å². The first-order chi connectivity index (χ1) is 7.95. The Balaban J connectivity index is 3.18. The van der Waals surface area contributed by atoms with E-state index < -0.39 is 11.8 Å². The second-order valence-corrected chi connectivity index (χ2v) is 3.48. The van der Waals surface area contributed by atoms with Gasteiger partial charge in [0, 0.05) is 6.54 Å². The third-order valence-corrected chi connectivity index (χ3v) is 2.18. The Morgan fingerprint density at radius 1 is 1.41 bits per heavy atom. The minimum Gasteiger partial charge on any atom is -0.397 e. The van der Waals surface area contributed by atoms with E-state index in [0.29, 0.717) is 18.1 Å². The zero-order valence-corrected chi connectivity index (χ0v) is 9.51. The summed E-state index contributed by atoms with van der Waals surface area (Å²) in [5, 5.41) is 0. The highest BCUT2D eigenvalue weighted by molar-refractivity contribution is 5.99. The summed E-state index contributed by atoms with van der Waals surface area (Å²) in [4.78, 5) is 27.7. The molecular formula is C10H15N5O2. The van der Waals surface area contributed by atoms with E-state index in [2.05, 4.69) is 4.98 Å². The summed E-state index contributed by atoms with van der Waals surface area (Å²) in [6.45, 7) is 2.25. The molecule has 2 amide bonds. The molecule has 1 rings (SSSR count). The Labute approximate surface area is 98.6 Å². The maximum absolute atomic E-state index is 11.3. The minimum atomic E-state index is -0.650. The smallest absolute Gasteiger partial charge is 0.252 e. The predicted octanol–water partition coefficient (Wildman–Crippen LogP) is -0.926. The first kappa shape index (κ1) is 12.8. The summed E-state index contributed by atoms with van der Waals surface area (Å²) in [7, 11) is 0. The fourth-order valence-electron chi connectivity index (χ4n) is 1.43. The molecule has 0 aromatic carbocycles. The molecule has 0 aliphatic rings. The molecule has 0 radical (unpaired) electrons. The summed E-state index contributed by atoms with van der Waals surface area (Å²) in [6, 6.07) is 1.42. The lowest BCUT2D eigenvalue weighted by molar-refractivity contribution is -0.116. The number of primary amides is 2. The summed E-state index contributed by atoms with van der Waals surface area (Å²) in [6.07, 6.45) is 1.39. The third-order valence-electron chi connectivity index (χ3n) is 2.18. The molecule has 17 heavy (non-hydrogen) atoms. The molecular weight excluding hydrogens is 222 g/mol. The second kappa shape index (κ2) is 5.15. The molecule has 0 unspecified atom stereocenters. The van der Waals surface area contributed by atoms with Crippen molar-refractivity contribution in [2.45, 2.75) is 6.92 Å². The molecule has 0 aliphatic heterocycles. The number of rotatable bonds is 5. The van der Waals surface area contributed by atoms with Gasteiger partial charge in [-0.2, -0.15) is 0 Å². The van der Waals surface area contributed by atoms with E-state index in [1.54, 1.807) is 4.90 Å². The van der Waals surface area contributed by atoms with Gasteiger partial charge in [-0.25, -0.2) is 4.98 Å². The van der Waals surface area contributed by atoms with Gasteiger partial charge >= 0.3 is 0 Å². The summed E-state index contributed by atoms with van der Waals surface area (Å²) in [5.74, 6) is -0.850. The molecule has 6 N–H and O–H groups in total. The van der Waals surface area contributed by atoms with Gasteiger partial charge < -0.3 is 22.1 Å². The fraction of sp³-hybridized carbons (Fsp3) is 0.300. The van der Waals surface area contributed by atoms with E-state index in [9.17, 15) is 9.59 Å². The lowest BCUT2D eigenvalue weighted by atomic mass is 10.2. The first-order valence-electron chi connectivity index (χ1n) is 5.04. The number of hydrogen-bond acceptors (Lipinski definition) is 5. The van der Waals surface area contributed by atoms with E-state index in [-0.39, 0.29) is 12.1 Å². The monoisotopic (exact) mass is 237 g/mol. The van der Waals surface area contributed by atoms with E-state index in [1.807, 2.05) is 6.92 Å². The number of anilines is 2. The average molecular weight is 237 g/mol. The number of hydrogen-bond donors (Lipinski definition) is 3. The topological polar surface area (TPSA) is 128 Å². The highest BCUT2D eigenvalue weighted by Crippen LogP contribution is 2.19. The van der Waals surface area contributed by atoms with Crippen LogP contribution in [0.3, 0.4) is 0 Å². The Morgan fingerprint density at radius 3 is 2.53 bits per heavy atom. The van der Waals surface area contributed by atoms with Gasteiger partial charge in [-0.3, -0.25) is 9.59 Å². The van der Waals surface area contributed by atoms with Crippen molar-refractivity contribution < 1.29 is 9.59 Å². The standard InChI is InChI=1S/C10H15N5O2/c1-2-15(5-8(12)16)10-7(9(13)17)3-6(11)4-14-10/h3-4H,2,5,11H2,1H3,(H2,12,16)(H2,13,17). The van der Waals surface area contributed by atoms with Gasteiger partial charge in [0.05, 0.1) is 24.0 Å². The average Bonchev–Trinajstić information content (AvgIpc) is 2.25. The van der Waals surface area contributed by atoms with Crippen molar-refractivity contribution >= 4 is 23.3 Å². The highest BCUT2D eigenvalue weighted by atomic mass is 16.1. The van der Waals surface area contributed by atoms with Crippen LogP contribution in [0.2, 0.25) is 0 Å². The van der Waals surface area contributed by atoms with Crippen LogP contribution in [0.5, 0.6) is 0 Å². The number of carbonyl (C=O) groups excluding carboxylic acids is 2. The van der Waals surface area contributed by atoms with Gasteiger partial charge in [-0.1, -0.05) is 0 Å². The first-order valence-corrected chi connectivity index (χ1v) is 5.04. The van der Waals surface area contributed by atoms with Crippen molar-refractivity contribution in [1.82, 2.24) is 4.98 Å². The number of likely N-dealkylation sites (N-methyl/N-ethyl adjacent to an activating group) is 1. The molecule has 92 valence electrons. The van der Waals surface area contributed by atoms with Crippen LogP contribution in [0, 0.1) is 0 Å². The largest absolute Gasteiger partial charge is 0.397 e. The Hall–Kier alpha value is -2.31. The zero-order chi connectivity index (χ0) is 13.0. The van der Waals surface area contributed by atoms with Crippen LogP contribution in [0.15, 0.2) is 12.3 Å². The molecule has 1 aromatic rings. The van der Waals surface area contributed by atoms with Crippen molar-refractivity contribution in [3.05, 3.63) is 17.8 Å². The summed E-state index contributed by atoms with van der Waals surface area (Å²) >= 11 is 0. The van der Waals surface area contributed by atoms with Gasteiger partial charge in [0.15, 0.2) is 0 Å². The quantitative estimate of drug-likeness (QED) is 0.609. The molecule has 0 bridgehead atoms. The number of nitrogens with two attached hydrogens (primary N) is 3. The number of nitrogens with zero attached hydrogens (tertiary/aromatic N) is 2. The van der Waals surface area contributed by atoms with Crippen LogP contribution < -0.4 is 22.1 Å². The Morgan fingerprint density at radius 2 is 2.06 bits per heavy atom.